The van der Waals surface area contributed by atoms with E-state index in [1.807, 2.05) is 23.1 Å². The molecule has 110 valence electrons. The van der Waals surface area contributed by atoms with Crippen molar-refractivity contribution >= 4 is 5.91 Å². The first-order valence-corrected chi connectivity index (χ1v) is 6.93. The van der Waals surface area contributed by atoms with Gasteiger partial charge in [0.15, 0.2) is 0 Å². The van der Waals surface area contributed by atoms with Gasteiger partial charge in [-0.25, -0.2) is 4.68 Å². The Morgan fingerprint density at radius 2 is 2.14 bits per heavy atom. The lowest BCUT2D eigenvalue weighted by atomic mass is 10.1. The summed E-state index contributed by atoms with van der Waals surface area (Å²) in [5, 5.41) is 11.0. The van der Waals surface area contributed by atoms with Crippen molar-refractivity contribution in [3.63, 3.8) is 0 Å². The topological polar surface area (TPSA) is 73.1 Å². The fraction of sp³-hybridized carbons (Fsp3) is 0.429. The van der Waals surface area contributed by atoms with Gasteiger partial charge in [0.1, 0.15) is 6.33 Å². The Morgan fingerprint density at radius 3 is 2.81 bits per heavy atom. The van der Waals surface area contributed by atoms with Gasteiger partial charge in [-0.15, -0.1) is 5.10 Å². The highest BCUT2D eigenvalue weighted by molar-refractivity contribution is 5.94. The van der Waals surface area contributed by atoms with Crippen LogP contribution in [0.25, 0.3) is 5.69 Å². The SMILES string of the molecule is COC1CCN(C(=O)c2cccc(-n3cnnn3)c2)CC1. The number of hydrogen-bond acceptors (Lipinski definition) is 5. The Morgan fingerprint density at radius 1 is 1.33 bits per heavy atom. The maximum atomic E-state index is 12.5. The molecule has 3 rings (SSSR count). The van der Waals surface area contributed by atoms with E-state index in [-0.39, 0.29) is 12.0 Å². The maximum Gasteiger partial charge on any atom is 0.253 e. The van der Waals surface area contributed by atoms with Crippen LogP contribution in [0.5, 0.6) is 0 Å². The van der Waals surface area contributed by atoms with E-state index in [1.165, 1.54) is 11.0 Å². The molecule has 0 atom stereocenters. The zero-order valence-corrected chi connectivity index (χ0v) is 11.8. The van der Waals surface area contributed by atoms with Crippen LogP contribution < -0.4 is 0 Å². The van der Waals surface area contributed by atoms with Crippen LogP contribution in [0.1, 0.15) is 23.2 Å². The van der Waals surface area contributed by atoms with Gasteiger partial charge in [-0.1, -0.05) is 6.07 Å². The summed E-state index contributed by atoms with van der Waals surface area (Å²) in [5.74, 6) is 0.0412. The zero-order chi connectivity index (χ0) is 14.7. The first-order chi connectivity index (χ1) is 10.3. The summed E-state index contributed by atoms with van der Waals surface area (Å²) in [4.78, 5) is 14.4. The Balaban J connectivity index is 1.75. The summed E-state index contributed by atoms with van der Waals surface area (Å²) >= 11 is 0. The Labute approximate surface area is 122 Å². The molecule has 0 saturated carbocycles. The summed E-state index contributed by atoms with van der Waals surface area (Å²) in [6.45, 7) is 1.46. The second kappa shape index (κ2) is 6.01. The standard InChI is InChI=1S/C14H17N5O2/c1-21-13-5-7-18(8-6-13)14(20)11-3-2-4-12(9-11)19-10-15-16-17-19/h2-4,9-10,13H,5-8H2,1H3. The number of nitrogens with zero attached hydrogens (tertiary/aromatic N) is 5. The predicted octanol–water partition coefficient (Wildman–Crippen LogP) is 0.913. The average Bonchev–Trinajstić information content (AvgIpc) is 3.09. The third kappa shape index (κ3) is 2.92. The number of ether oxygens (including phenoxy) is 1. The number of carbonyl (C=O) groups is 1. The van der Waals surface area contributed by atoms with Crippen molar-refractivity contribution in [2.75, 3.05) is 20.2 Å². The van der Waals surface area contributed by atoms with Gasteiger partial charge in [-0.2, -0.15) is 0 Å². The van der Waals surface area contributed by atoms with Gasteiger partial charge in [0.2, 0.25) is 0 Å². The molecule has 0 bridgehead atoms. The van der Waals surface area contributed by atoms with E-state index in [1.54, 1.807) is 13.2 Å². The summed E-state index contributed by atoms with van der Waals surface area (Å²) in [7, 11) is 1.72. The molecule has 1 aliphatic rings. The highest BCUT2D eigenvalue weighted by atomic mass is 16.5. The molecule has 21 heavy (non-hydrogen) atoms. The van der Waals surface area contributed by atoms with Crippen LogP contribution in [-0.4, -0.2) is 57.3 Å². The minimum atomic E-state index is 0.0412. The molecule has 1 aliphatic heterocycles. The molecule has 1 fully saturated rings. The minimum absolute atomic E-state index is 0.0412. The van der Waals surface area contributed by atoms with Gasteiger partial charge in [-0.05, 0) is 41.5 Å². The van der Waals surface area contributed by atoms with Crippen molar-refractivity contribution in [1.29, 1.82) is 0 Å². The van der Waals surface area contributed by atoms with Crippen molar-refractivity contribution in [1.82, 2.24) is 25.1 Å². The molecule has 0 spiro atoms. The molecular formula is C14H17N5O2. The van der Waals surface area contributed by atoms with E-state index in [0.717, 1.165) is 31.6 Å². The van der Waals surface area contributed by atoms with E-state index >= 15 is 0 Å². The van der Waals surface area contributed by atoms with Crippen LogP contribution >= 0.6 is 0 Å². The van der Waals surface area contributed by atoms with E-state index in [9.17, 15) is 4.79 Å². The van der Waals surface area contributed by atoms with E-state index < -0.39 is 0 Å². The van der Waals surface area contributed by atoms with Crippen LogP contribution in [0, 0.1) is 0 Å². The summed E-state index contributed by atoms with van der Waals surface area (Å²) in [6.07, 6.45) is 3.54. The molecule has 0 N–H and O–H groups in total. The molecule has 1 aromatic heterocycles. The molecular weight excluding hydrogens is 270 g/mol. The van der Waals surface area contributed by atoms with Gasteiger partial charge in [0.25, 0.3) is 5.91 Å². The van der Waals surface area contributed by atoms with Gasteiger partial charge in [0, 0.05) is 25.8 Å². The number of amides is 1. The monoisotopic (exact) mass is 287 g/mol. The number of likely N-dealkylation sites (tertiary alicyclic amines) is 1. The van der Waals surface area contributed by atoms with E-state index in [4.69, 9.17) is 4.74 Å². The van der Waals surface area contributed by atoms with Crippen molar-refractivity contribution in [3.8, 4) is 5.69 Å². The number of tetrazole rings is 1. The lowest BCUT2D eigenvalue weighted by molar-refractivity contribution is 0.0351. The van der Waals surface area contributed by atoms with Gasteiger partial charge >= 0.3 is 0 Å². The van der Waals surface area contributed by atoms with E-state index in [0.29, 0.717) is 5.56 Å². The second-order valence-electron chi connectivity index (χ2n) is 5.03. The molecule has 1 aromatic carbocycles. The molecule has 1 amide bonds. The largest absolute Gasteiger partial charge is 0.381 e. The maximum absolute atomic E-state index is 12.5. The fourth-order valence-corrected chi connectivity index (χ4v) is 2.54. The fourth-order valence-electron chi connectivity index (χ4n) is 2.54. The average molecular weight is 287 g/mol. The Hall–Kier alpha value is -2.28. The summed E-state index contributed by atoms with van der Waals surface area (Å²) < 4.78 is 6.87. The molecule has 0 radical (unpaired) electrons. The van der Waals surface area contributed by atoms with Crippen LogP contribution in [0.4, 0.5) is 0 Å². The smallest absolute Gasteiger partial charge is 0.253 e. The van der Waals surface area contributed by atoms with Crippen LogP contribution in [0.2, 0.25) is 0 Å². The highest BCUT2D eigenvalue weighted by Gasteiger charge is 2.23. The lowest BCUT2D eigenvalue weighted by Gasteiger charge is -2.31. The van der Waals surface area contributed by atoms with Crippen molar-refractivity contribution in [2.24, 2.45) is 0 Å². The minimum Gasteiger partial charge on any atom is -0.381 e. The van der Waals surface area contributed by atoms with Gasteiger partial charge < -0.3 is 9.64 Å². The molecule has 7 heteroatoms. The third-order valence-corrected chi connectivity index (χ3v) is 3.77. The lowest BCUT2D eigenvalue weighted by Crippen LogP contribution is -2.40. The molecule has 2 heterocycles. The summed E-state index contributed by atoms with van der Waals surface area (Å²) in [5.41, 5.74) is 1.43. The van der Waals surface area contributed by atoms with Crippen molar-refractivity contribution in [3.05, 3.63) is 36.2 Å². The van der Waals surface area contributed by atoms with Gasteiger partial charge in [0.05, 0.1) is 11.8 Å². The number of hydrogen-bond donors (Lipinski definition) is 0. The second-order valence-corrected chi connectivity index (χ2v) is 5.03. The highest BCUT2D eigenvalue weighted by Crippen LogP contribution is 2.17. The number of methoxy groups -OCH3 is 1. The molecule has 1 saturated heterocycles. The first-order valence-electron chi connectivity index (χ1n) is 6.93. The number of benzene rings is 1. The molecule has 2 aromatic rings. The quantitative estimate of drug-likeness (QED) is 0.839. The molecule has 0 unspecified atom stereocenters. The van der Waals surface area contributed by atoms with Crippen LogP contribution in [0.3, 0.4) is 0 Å². The van der Waals surface area contributed by atoms with Crippen LogP contribution in [-0.2, 0) is 4.74 Å². The van der Waals surface area contributed by atoms with E-state index in [2.05, 4.69) is 15.5 Å². The number of piperidine rings is 1. The van der Waals surface area contributed by atoms with Gasteiger partial charge in [-0.3, -0.25) is 4.79 Å². The third-order valence-electron chi connectivity index (χ3n) is 3.77. The number of aromatic nitrogens is 4. The Bertz CT molecular complexity index is 606. The zero-order valence-electron chi connectivity index (χ0n) is 11.8. The van der Waals surface area contributed by atoms with Crippen molar-refractivity contribution in [2.45, 2.75) is 18.9 Å². The normalized spacial score (nSPS) is 16.1. The molecule has 7 nitrogen and oxygen atoms in total. The number of rotatable bonds is 3. The summed E-state index contributed by atoms with van der Waals surface area (Å²) in [6, 6.07) is 7.33. The van der Waals surface area contributed by atoms with Crippen LogP contribution in [0.15, 0.2) is 30.6 Å². The first kappa shape index (κ1) is 13.7. The predicted molar refractivity (Wildman–Crippen MR) is 75.1 cm³/mol. The van der Waals surface area contributed by atoms with Crippen molar-refractivity contribution < 1.29 is 9.53 Å². The number of carbonyl (C=O) groups excluding carboxylic acids is 1. The Kier molecular flexibility index (Phi) is 3.92. The molecule has 0 aliphatic carbocycles.